The maximum absolute atomic E-state index is 9.47. The summed E-state index contributed by atoms with van der Waals surface area (Å²) in [5.41, 5.74) is 1.47. The van der Waals surface area contributed by atoms with Crippen molar-refractivity contribution in [3.8, 4) is 5.75 Å². The number of fused-ring (bicyclic) bond motifs is 1. The van der Waals surface area contributed by atoms with Gasteiger partial charge in [-0.3, -0.25) is 0 Å². The molecular formula is C12H16O3. The lowest BCUT2D eigenvalue weighted by atomic mass is 9.79. The number of phenolic OH excluding ortho intramolecular Hbond substituents is 1. The summed E-state index contributed by atoms with van der Waals surface area (Å²) < 4.78 is 5.45. The largest absolute Gasteiger partial charge is 0.508 e. The standard InChI is InChI=1S/C12H16O3/c1-15-12(8-13)6-2-3-9-4-5-10(14)7-11(9)12/h4-5,7,13-14H,2-3,6,8H2,1H3. The Kier molecular flexibility index (Phi) is 2.67. The summed E-state index contributed by atoms with van der Waals surface area (Å²) in [7, 11) is 1.61. The summed E-state index contributed by atoms with van der Waals surface area (Å²) in [5.74, 6) is 0.227. The first-order chi connectivity index (χ1) is 7.22. The van der Waals surface area contributed by atoms with Crippen LogP contribution in [0.2, 0.25) is 0 Å². The van der Waals surface area contributed by atoms with Crippen LogP contribution in [0.5, 0.6) is 5.75 Å². The van der Waals surface area contributed by atoms with E-state index in [0.717, 1.165) is 30.4 Å². The second-order valence-corrected chi connectivity index (χ2v) is 4.05. The summed E-state index contributed by atoms with van der Waals surface area (Å²) in [5, 5.41) is 18.9. The Morgan fingerprint density at radius 1 is 1.47 bits per heavy atom. The molecule has 0 saturated heterocycles. The molecule has 0 amide bonds. The highest BCUT2D eigenvalue weighted by Gasteiger charge is 2.36. The van der Waals surface area contributed by atoms with Gasteiger partial charge in [0.1, 0.15) is 11.4 Å². The van der Waals surface area contributed by atoms with E-state index in [1.165, 1.54) is 0 Å². The lowest BCUT2D eigenvalue weighted by Gasteiger charge is -2.36. The monoisotopic (exact) mass is 208 g/mol. The Hall–Kier alpha value is -1.06. The van der Waals surface area contributed by atoms with E-state index in [1.807, 2.05) is 6.07 Å². The Bertz CT molecular complexity index is 356. The van der Waals surface area contributed by atoms with Crippen molar-refractivity contribution >= 4 is 0 Å². The quantitative estimate of drug-likeness (QED) is 0.775. The van der Waals surface area contributed by atoms with Crippen LogP contribution < -0.4 is 0 Å². The van der Waals surface area contributed by atoms with E-state index in [1.54, 1.807) is 19.2 Å². The zero-order valence-corrected chi connectivity index (χ0v) is 8.86. The number of hydrogen-bond donors (Lipinski definition) is 2. The minimum atomic E-state index is -0.619. The summed E-state index contributed by atoms with van der Waals surface area (Å²) in [4.78, 5) is 0. The van der Waals surface area contributed by atoms with Gasteiger partial charge in [0.25, 0.3) is 0 Å². The third-order valence-electron chi connectivity index (χ3n) is 3.26. The zero-order valence-electron chi connectivity index (χ0n) is 8.86. The van der Waals surface area contributed by atoms with Crippen LogP contribution >= 0.6 is 0 Å². The fourth-order valence-corrected chi connectivity index (χ4v) is 2.35. The molecule has 0 saturated carbocycles. The molecule has 3 nitrogen and oxygen atoms in total. The first-order valence-corrected chi connectivity index (χ1v) is 5.20. The maximum atomic E-state index is 9.47. The van der Waals surface area contributed by atoms with E-state index in [0.29, 0.717) is 0 Å². The van der Waals surface area contributed by atoms with E-state index >= 15 is 0 Å². The summed E-state index contributed by atoms with van der Waals surface area (Å²) in [6.45, 7) is -0.0417. The van der Waals surface area contributed by atoms with Gasteiger partial charge in [0.2, 0.25) is 0 Å². The third kappa shape index (κ3) is 1.62. The smallest absolute Gasteiger partial charge is 0.116 e. The second-order valence-electron chi connectivity index (χ2n) is 4.05. The maximum Gasteiger partial charge on any atom is 0.116 e. The van der Waals surface area contributed by atoms with Gasteiger partial charge in [0.15, 0.2) is 0 Å². The van der Waals surface area contributed by atoms with E-state index < -0.39 is 5.60 Å². The number of aliphatic hydroxyl groups excluding tert-OH is 1. The molecule has 0 bridgehead atoms. The Labute approximate surface area is 89.3 Å². The molecule has 1 aliphatic rings. The van der Waals surface area contributed by atoms with Gasteiger partial charge >= 0.3 is 0 Å². The van der Waals surface area contributed by atoms with Crippen LogP contribution in [0.3, 0.4) is 0 Å². The van der Waals surface area contributed by atoms with Crippen LogP contribution in [0.4, 0.5) is 0 Å². The number of phenols is 1. The first kappa shape index (κ1) is 10.5. The summed E-state index contributed by atoms with van der Waals surface area (Å²) >= 11 is 0. The van der Waals surface area contributed by atoms with Gasteiger partial charge in [-0.05, 0) is 42.5 Å². The lowest BCUT2D eigenvalue weighted by molar-refractivity contribution is -0.0689. The molecule has 3 heteroatoms. The number of rotatable bonds is 2. The van der Waals surface area contributed by atoms with Crippen molar-refractivity contribution in [1.29, 1.82) is 0 Å². The molecule has 15 heavy (non-hydrogen) atoms. The molecule has 1 aliphatic carbocycles. The molecule has 1 atom stereocenters. The number of hydrogen-bond acceptors (Lipinski definition) is 3. The van der Waals surface area contributed by atoms with Crippen LogP contribution in [0, 0.1) is 0 Å². The first-order valence-electron chi connectivity index (χ1n) is 5.20. The molecule has 0 spiro atoms. The topological polar surface area (TPSA) is 49.7 Å². The molecule has 82 valence electrons. The number of aromatic hydroxyl groups is 1. The van der Waals surface area contributed by atoms with Crippen LogP contribution in [0.15, 0.2) is 18.2 Å². The number of methoxy groups -OCH3 is 1. The fourth-order valence-electron chi connectivity index (χ4n) is 2.35. The van der Waals surface area contributed by atoms with Crippen LogP contribution in [-0.2, 0) is 16.8 Å². The summed E-state index contributed by atoms with van der Waals surface area (Å²) in [6.07, 6.45) is 2.79. The van der Waals surface area contributed by atoms with E-state index in [4.69, 9.17) is 4.74 Å². The van der Waals surface area contributed by atoms with E-state index in [9.17, 15) is 10.2 Å². The van der Waals surface area contributed by atoms with E-state index in [-0.39, 0.29) is 12.4 Å². The molecule has 0 fully saturated rings. The van der Waals surface area contributed by atoms with Crippen molar-refractivity contribution in [1.82, 2.24) is 0 Å². The molecule has 1 unspecified atom stereocenters. The van der Waals surface area contributed by atoms with Crippen molar-refractivity contribution in [2.75, 3.05) is 13.7 Å². The molecule has 2 rings (SSSR count). The SMILES string of the molecule is COC1(CO)CCCc2ccc(O)cc21. The molecule has 0 aromatic heterocycles. The molecule has 2 N–H and O–H groups in total. The van der Waals surface area contributed by atoms with Crippen molar-refractivity contribution < 1.29 is 14.9 Å². The predicted octanol–water partition coefficient (Wildman–Crippen LogP) is 1.56. The number of benzene rings is 1. The molecule has 0 heterocycles. The van der Waals surface area contributed by atoms with Crippen molar-refractivity contribution in [3.63, 3.8) is 0 Å². The highest BCUT2D eigenvalue weighted by atomic mass is 16.5. The minimum Gasteiger partial charge on any atom is -0.508 e. The van der Waals surface area contributed by atoms with Gasteiger partial charge < -0.3 is 14.9 Å². The van der Waals surface area contributed by atoms with Gasteiger partial charge in [-0.1, -0.05) is 6.07 Å². The van der Waals surface area contributed by atoms with Gasteiger partial charge in [0, 0.05) is 7.11 Å². The highest BCUT2D eigenvalue weighted by molar-refractivity contribution is 5.40. The molecule has 0 radical (unpaired) electrons. The van der Waals surface area contributed by atoms with Crippen molar-refractivity contribution in [2.45, 2.75) is 24.9 Å². The minimum absolute atomic E-state index is 0.0417. The molecular weight excluding hydrogens is 192 g/mol. The van der Waals surface area contributed by atoms with Crippen LogP contribution in [-0.4, -0.2) is 23.9 Å². The van der Waals surface area contributed by atoms with E-state index in [2.05, 4.69) is 0 Å². The van der Waals surface area contributed by atoms with Gasteiger partial charge in [-0.2, -0.15) is 0 Å². The molecule has 1 aromatic rings. The lowest BCUT2D eigenvalue weighted by Crippen LogP contribution is -2.36. The predicted molar refractivity (Wildman–Crippen MR) is 56.8 cm³/mol. The highest BCUT2D eigenvalue weighted by Crippen LogP contribution is 2.39. The van der Waals surface area contributed by atoms with Crippen molar-refractivity contribution in [3.05, 3.63) is 29.3 Å². The van der Waals surface area contributed by atoms with Gasteiger partial charge in [-0.25, -0.2) is 0 Å². The summed E-state index contributed by atoms with van der Waals surface area (Å²) in [6, 6.07) is 5.30. The fraction of sp³-hybridized carbons (Fsp3) is 0.500. The van der Waals surface area contributed by atoms with Gasteiger partial charge in [0.05, 0.1) is 6.61 Å². The Balaban J connectivity index is 2.53. The molecule has 1 aromatic carbocycles. The average molecular weight is 208 g/mol. The molecule has 0 aliphatic heterocycles. The van der Waals surface area contributed by atoms with Crippen LogP contribution in [0.1, 0.15) is 24.0 Å². The Morgan fingerprint density at radius 2 is 2.27 bits per heavy atom. The number of ether oxygens (including phenoxy) is 1. The van der Waals surface area contributed by atoms with Crippen LogP contribution in [0.25, 0.3) is 0 Å². The zero-order chi connectivity index (χ0) is 10.9. The second kappa shape index (κ2) is 3.83. The average Bonchev–Trinajstić information content (AvgIpc) is 2.28. The number of aryl methyl sites for hydroxylation is 1. The normalized spacial score (nSPS) is 24.9. The van der Waals surface area contributed by atoms with Gasteiger partial charge in [-0.15, -0.1) is 0 Å². The Morgan fingerprint density at radius 3 is 2.93 bits per heavy atom. The van der Waals surface area contributed by atoms with Crippen molar-refractivity contribution in [2.24, 2.45) is 0 Å². The third-order valence-corrected chi connectivity index (χ3v) is 3.26. The number of aliphatic hydroxyl groups is 1.